The van der Waals surface area contributed by atoms with Gasteiger partial charge in [0.05, 0.1) is 41.9 Å². The Kier molecular flexibility index (Phi) is 5.70. The first kappa shape index (κ1) is 24.1. The number of aryl methyl sites for hydroxylation is 1. The van der Waals surface area contributed by atoms with Crippen LogP contribution in [0.1, 0.15) is 20.7 Å². The van der Waals surface area contributed by atoms with Crippen LogP contribution in [0, 0.1) is 0 Å². The minimum absolute atomic E-state index is 0. The Morgan fingerprint density at radius 1 is 0.972 bits per heavy atom. The number of hydrogen-bond donors (Lipinski definition) is 2. The number of methoxy groups -OCH3 is 1. The smallest absolute Gasteiger partial charge is 0.259 e. The number of aliphatic hydroxyl groups excluding tert-OH is 1. The van der Waals surface area contributed by atoms with Gasteiger partial charge < -0.3 is 23.9 Å². The summed E-state index contributed by atoms with van der Waals surface area (Å²) in [5.41, 5.74) is 4.30. The van der Waals surface area contributed by atoms with Crippen molar-refractivity contribution < 1.29 is 19.4 Å². The molecule has 2 N–H and O–H groups in total. The number of para-hydroxylation sites is 1. The van der Waals surface area contributed by atoms with E-state index in [0.717, 1.165) is 38.2 Å². The maximum Gasteiger partial charge on any atom is 0.259 e. The summed E-state index contributed by atoms with van der Waals surface area (Å²) in [5, 5.41) is 16.7. The molecule has 0 saturated heterocycles. The zero-order chi connectivity index (χ0) is 24.6. The molecule has 186 valence electrons. The third-order valence-electron chi connectivity index (χ3n) is 7.00. The van der Waals surface area contributed by atoms with E-state index >= 15 is 0 Å². The van der Waals surface area contributed by atoms with E-state index in [0.29, 0.717) is 35.4 Å². The number of carbonyl (C=O) groups excluding carboxylic acids is 2. The molecule has 1 atom stereocenters. The standard InChI is InChI=1S/C27H26N4O4.ClH/c1-29(2)12-14(32)13-31-19-10-9-15(35-4)11-17(19)21-23-22(26(33)28-27(23)34)20-16-7-5-6-8-18(16)30(3)24(20)25(21)31;/h5-11,14,32H,12-13H2,1-4H3,(H,28,33,34);1H. The van der Waals surface area contributed by atoms with Crippen molar-refractivity contribution in [2.45, 2.75) is 12.6 Å². The van der Waals surface area contributed by atoms with Gasteiger partial charge in [0.15, 0.2) is 0 Å². The first-order valence-corrected chi connectivity index (χ1v) is 11.5. The minimum Gasteiger partial charge on any atom is -0.497 e. The molecule has 1 aliphatic rings. The second-order valence-electron chi connectivity index (χ2n) is 9.47. The molecule has 0 saturated carbocycles. The van der Waals surface area contributed by atoms with Gasteiger partial charge in [0, 0.05) is 46.2 Å². The lowest BCUT2D eigenvalue weighted by Crippen LogP contribution is -2.29. The number of fused-ring (bicyclic) bond motifs is 10. The number of aliphatic hydroxyl groups is 1. The van der Waals surface area contributed by atoms with Crippen molar-refractivity contribution in [2.75, 3.05) is 27.7 Å². The van der Waals surface area contributed by atoms with Crippen molar-refractivity contribution in [3.63, 3.8) is 0 Å². The predicted molar refractivity (Wildman–Crippen MR) is 144 cm³/mol. The number of aromatic nitrogens is 2. The fourth-order valence-corrected chi connectivity index (χ4v) is 5.70. The van der Waals surface area contributed by atoms with E-state index < -0.39 is 12.0 Å². The van der Waals surface area contributed by atoms with Crippen molar-refractivity contribution in [3.05, 3.63) is 53.6 Å². The first-order valence-electron chi connectivity index (χ1n) is 11.5. The molecule has 8 nitrogen and oxygen atoms in total. The van der Waals surface area contributed by atoms with Crippen LogP contribution in [0.3, 0.4) is 0 Å². The lowest BCUT2D eigenvalue weighted by Gasteiger charge is -2.18. The third-order valence-corrected chi connectivity index (χ3v) is 7.00. The molecule has 2 aromatic heterocycles. The number of carbonyl (C=O) groups is 2. The topological polar surface area (TPSA) is 88.7 Å². The van der Waals surface area contributed by atoms with Gasteiger partial charge in [-0.15, -0.1) is 12.4 Å². The molecule has 1 aliphatic heterocycles. The molecule has 2 amide bonds. The number of rotatable bonds is 5. The number of halogens is 1. The molecule has 36 heavy (non-hydrogen) atoms. The van der Waals surface area contributed by atoms with Gasteiger partial charge >= 0.3 is 0 Å². The van der Waals surface area contributed by atoms with Crippen LogP contribution < -0.4 is 10.1 Å². The number of nitrogens with zero attached hydrogens (tertiary/aromatic N) is 3. The number of nitrogens with one attached hydrogen (secondary N) is 1. The number of imide groups is 1. The monoisotopic (exact) mass is 506 g/mol. The van der Waals surface area contributed by atoms with Crippen LogP contribution in [0.5, 0.6) is 5.75 Å². The Morgan fingerprint density at radius 2 is 1.64 bits per heavy atom. The maximum atomic E-state index is 13.2. The molecule has 6 rings (SSSR count). The lowest BCUT2D eigenvalue weighted by atomic mass is 9.96. The minimum atomic E-state index is -0.639. The van der Waals surface area contributed by atoms with Gasteiger partial charge in [0.2, 0.25) is 0 Å². The summed E-state index contributed by atoms with van der Waals surface area (Å²) in [6.07, 6.45) is -0.639. The molecule has 1 unspecified atom stereocenters. The largest absolute Gasteiger partial charge is 0.497 e. The van der Waals surface area contributed by atoms with E-state index in [9.17, 15) is 14.7 Å². The lowest BCUT2D eigenvalue weighted by molar-refractivity contribution is 0.0880. The highest BCUT2D eigenvalue weighted by atomic mass is 35.5. The molecular weight excluding hydrogens is 480 g/mol. The summed E-state index contributed by atoms with van der Waals surface area (Å²) in [4.78, 5) is 28.3. The first-order chi connectivity index (χ1) is 16.8. The maximum absolute atomic E-state index is 13.2. The molecule has 0 bridgehead atoms. The van der Waals surface area contributed by atoms with Crippen LogP contribution in [0.15, 0.2) is 42.5 Å². The summed E-state index contributed by atoms with van der Waals surface area (Å²) in [5.74, 6) is -0.133. The molecule has 0 aliphatic carbocycles. The average Bonchev–Trinajstić information content (AvgIpc) is 3.41. The fourth-order valence-electron chi connectivity index (χ4n) is 5.70. The third kappa shape index (κ3) is 3.22. The Hall–Kier alpha value is -3.59. The van der Waals surface area contributed by atoms with Crippen LogP contribution in [0.25, 0.3) is 43.6 Å². The molecular formula is C27H27ClN4O4. The van der Waals surface area contributed by atoms with E-state index in [4.69, 9.17) is 4.74 Å². The normalized spacial score (nSPS) is 14.2. The van der Waals surface area contributed by atoms with Crippen molar-refractivity contribution in [3.8, 4) is 5.75 Å². The van der Waals surface area contributed by atoms with Crippen LogP contribution in [-0.4, -0.2) is 64.8 Å². The van der Waals surface area contributed by atoms with Gasteiger partial charge in [-0.2, -0.15) is 0 Å². The van der Waals surface area contributed by atoms with E-state index in [1.807, 2.05) is 68.5 Å². The summed E-state index contributed by atoms with van der Waals surface area (Å²) in [6.45, 7) is 0.814. The zero-order valence-corrected chi connectivity index (χ0v) is 21.3. The number of amides is 2. The summed E-state index contributed by atoms with van der Waals surface area (Å²) in [7, 11) is 7.42. The van der Waals surface area contributed by atoms with Crippen molar-refractivity contribution >= 4 is 67.8 Å². The SMILES string of the molecule is COc1ccc2c(c1)c1c3c(c4c5ccccc5n(C)c4c1n2CC(O)CN(C)C)C(=O)NC3=O.Cl. The summed E-state index contributed by atoms with van der Waals surface area (Å²) in [6, 6.07) is 13.6. The summed E-state index contributed by atoms with van der Waals surface area (Å²) >= 11 is 0. The fraction of sp³-hybridized carbons (Fsp3) is 0.259. The van der Waals surface area contributed by atoms with Crippen molar-refractivity contribution in [1.29, 1.82) is 0 Å². The van der Waals surface area contributed by atoms with Crippen molar-refractivity contribution in [1.82, 2.24) is 19.4 Å². The molecule has 5 aromatic rings. The van der Waals surface area contributed by atoms with Gasteiger partial charge in [0.1, 0.15) is 5.75 Å². The second-order valence-corrected chi connectivity index (χ2v) is 9.47. The molecule has 0 radical (unpaired) electrons. The predicted octanol–water partition coefficient (Wildman–Crippen LogP) is 3.68. The van der Waals surface area contributed by atoms with E-state index in [-0.39, 0.29) is 18.3 Å². The zero-order valence-electron chi connectivity index (χ0n) is 20.5. The molecule has 3 aromatic carbocycles. The number of ether oxygens (including phenoxy) is 1. The Labute approximate surface area is 213 Å². The Morgan fingerprint density at radius 3 is 2.31 bits per heavy atom. The number of benzene rings is 3. The summed E-state index contributed by atoms with van der Waals surface area (Å²) < 4.78 is 9.66. The second kappa shape index (κ2) is 8.51. The molecule has 9 heteroatoms. The number of likely N-dealkylation sites (N-methyl/N-ethyl adjacent to an activating group) is 1. The van der Waals surface area contributed by atoms with Gasteiger partial charge in [-0.05, 0) is 38.4 Å². The molecule has 0 fully saturated rings. The van der Waals surface area contributed by atoms with Crippen LogP contribution in [0.2, 0.25) is 0 Å². The van der Waals surface area contributed by atoms with Crippen LogP contribution in [-0.2, 0) is 13.6 Å². The highest BCUT2D eigenvalue weighted by Gasteiger charge is 2.36. The van der Waals surface area contributed by atoms with Crippen molar-refractivity contribution in [2.24, 2.45) is 7.05 Å². The van der Waals surface area contributed by atoms with Crippen LogP contribution in [0.4, 0.5) is 0 Å². The van der Waals surface area contributed by atoms with Crippen LogP contribution >= 0.6 is 12.4 Å². The van der Waals surface area contributed by atoms with Gasteiger partial charge in [-0.25, -0.2) is 0 Å². The Bertz CT molecular complexity index is 1720. The highest BCUT2D eigenvalue weighted by molar-refractivity contribution is 6.39. The Balaban J connectivity index is 0.00000267. The van der Waals surface area contributed by atoms with Gasteiger partial charge in [-0.1, -0.05) is 18.2 Å². The number of hydrogen-bond acceptors (Lipinski definition) is 5. The molecule has 3 heterocycles. The quantitative estimate of drug-likeness (QED) is 0.355. The van der Waals surface area contributed by atoms with E-state index in [1.165, 1.54) is 0 Å². The van der Waals surface area contributed by atoms with Gasteiger partial charge in [-0.3, -0.25) is 14.9 Å². The van der Waals surface area contributed by atoms with E-state index in [1.54, 1.807) is 7.11 Å². The average molecular weight is 507 g/mol. The van der Waals surface area contributed by atoms with E-state index in [2.05, 4.69) is 14.5 Å². The van der Waals surface area contributed by atoms with Gasteiger partial charge in [0.25, 0.3) is 11.8 Å². The molecule has 0 spiro atoms. The highest BCUT2D eigenvalue weighted by Crippen LogP contribution is 2.45.